The number of allylic oxidation sites excluding steroid dienone is 4. The van der Waals surface area contributed by atoms with Gasteiger partial charge in [0.2, 0.25) is 0 Å². The van der Waals surface area contributed by atoms with Crippen molar-refractivity contribution in [3.63, 3.8) is 0 Å². The molecule has 0 aliphatic heterocycles. The third-order valence-corrected chi connectivity index (χ3v) is 3.34. The van der Waals surface area contributed by atoms with Gasteiger partial charge in [-0.1, -0.05) is 63.3 Å². The molecule has 0 rings (SSSR count). The van der Waals surface area contributed by atoms with Crippen molar-refractivity contribution in [3.05, 3.63) is 24.3 Å². The fourth-order valence-electron chi connectivity index (χ4n) is 2.09. The molecule has 0 saturated heterocycles. The van der Waals surface area contributed by atoms with Crippen LogP contribution in [0.1, 0.15) is 84.0 Å². The molecule has 0 aliphatic rings. The maximum atomic E-state index is 10.3. The molecular formula is C18H33NaO2. The molecule has 2 nitrogen and oxygen atoms in total. The number of hydrogen-bond donors (Lipinski definition) is 1. The summed E-state index contributed by atoms with van der Waals surface area (Å²) >= 11 is 0. The molecule has 0 aliphatic carbocycles. The molecule has 0 aromatic heterocycles. The molecule has 0 radical (unpaired) electrons. The minimum atomic E-state index is -0.671. The molecule has 118 valence electrons. The molecule has 0 atom stereocenters. The van der Waals surface area contributed by atoms with Crippen LogP contribution in [-0.4, -0.2) is 40.6 Å². The van der Waals surface area contributed by atoms with E-state index in [-0.39, 0.29) is 29.6 Å². The Morgan fingerprint density at radius 3 is 1.90 bits per heavy atom. The van der Waals surface area contributed by atoms with Crippen molar-refractivity contribution in [1.29, 1.82) is 0 Å². The van der Waals surface area contributed by atoms with E-state index in [9.17, 15) is 4.79 Å². The summed E-state index contributed by atoms with van der Waals surface area (Å²) in [5, 5.41) is 8.50. The average Bonchev–Trinajstić information content (AvgIpc) is 2.43. The van der Waals surface area contributed by atoms with Crippen molar-refractivity contribution in [2.45, 2.75) is 84.0 Å². The molecular weight excluding hydrogens is 271 g/mol. The SMILES string of the molecule is CCCCCC=CCC=CCCCCCCCC(=O)O.[NaH]. The van der Waals surface area contributed by atoms with E-state index in [1.807, 2.05) is 0 Å². The van der Waals surface area contributed by atoms with Gasteiger partial charge >= 0.3 is 35.5 Å². The number of hydrogen-bond acceptors (Lipinski definition) is 1. The summed E-state index contributed by atoms with van der Waals surface area (Å²) in [7, 11) is 0. The molecule has 0 aromatic rings. The normalized spacial score (nSPS) is 11.1. The van der Waals surface area contributed by atoms with Crippen LogP contribution in [0.25, 0.3) is 0 Å². The summed E-state index contributed by atoms with van der Waals surface area (Å²) in [6.45, 7) is 2.23. The van der Waals surface area contributed by atoms with E-state index >= 15 is 0 Å². The second-order valence-electron chi connectivity index (χ2n) is 5.37. The van der Waals surface area contributed by atoms with E-state index < -0.39 is 5.97 Å². The summed E-state index contributed by atoms with van der Waals surface area (Å²) in [5.41, 5.74) is 0. The second kappa shape index (κ2) is 19.9. The predicted octanol–water partition coefficient (Wildman–Crippen LogP) is 5.24. The average molecular weight is 304 g/mol. The summed E-state index contributed by atoms with van der Waals surface area (Å²) < 4.78 is 0. The third kappa shape index (κ3) is 22.4. The summed E-state index contributed by atoms with van der Waals surface area (Å²) in [4.78, 5) is 10.3. The van der Waals surface area contributed by atoms with Crippen LogP contribution in [0.2, 0.25) is 0 Å². The Labute approximate surface area is 153 Å². The van der Waals surface area contributed by atoms with Crippen molar-refractivity contribution in [2.24, 2.45) is 0 Å². The fourth-order valence-corrected chi connectivity index (χ4v) is 2.09. The molecule has 0 unspecified atom stereocenters. The van der Waals surface area contributed by atoms with E-state index in [4.69, 9.17) is 5.11 Å². The first kappa shape index (κ1) is 23.2. The van der Waals surface area contributed by atoms with Gasteiger partial charge in [-0.3, -0.25) is 4.79 Å². The first-order valence-corrected chi connectivity index (χ1v) is 8.29. The van der Waals surface area contributed by atoms with Gasteiger partial charge in [0.05, 0.1) is 0 Å². The van der Waals surface area contributed by atoms with Gasteiger partial charge in [-0.2, -0.15) is 0 Å². The van der Waals surface area contributed by atoms with Crippen molar-refractivity contribution in [2.75, 3.05) is 0 Å². The molecule has 3 heteroatoms. The van der Waals surface area contributed by atoms with E-state index in [2.05, 4.69) is 31.2 Å². The summed E-state index contributed by atoms with van der Waals surface area (Å²) in [6, 6.07) is 0. The predicted molar refractivity (Wildman–Crippen MR) is 94.1 cm³/mol. The molecule has 21 heavy (non-hydrogen) atoms. The Morgan fingerprint density at radius 1 is 0.810 bits per heavy atom. The van der Waals surface area contributed by atoms with Crippen LogP contribution >= 0.6 is 0 Å². The van der Waals surface area contributed by atoms with Crippen LogP contribution in [0.3, 0.4) is 0 Å². The Morgan fingerprint density at radius 2 is 1.33 bits per heavy atom. The molecule has 0 saturated carbocycles. The molecule has 0 aromatic carbocycles. The topological polar surface area (TPSA) is 37.3 Å². The first-order chi connectivity index (χ1) is 9.77. The van der Waals surface area contributed by atoms with Crippen molar-refractivity contribution in [1.82, 2.24) is 0 Å². The zero-order chi connectivity index (χ0) is 14.9. The number of carboxylic acid groups (broad SMARTS) is 1. The Kier molecular flexibility index (Phi) is 22.1. The van der Waals surface area contributed by atoms with Gasteiger partial charge in [0.1, 0.15) is 0 Å². The zero-order valence-electron chi connectivity index (χ0n) is 13.2. The zero-order valence-corrected chi connectivity index (χ0v) is 13.2. The summed E-state index contributed by atoms with van der Waals surface area (Å²) in [6.07, 6.45) is 22.3. The van der Waals surface area contributed by atoms with Crippen LogP contribution in [0.4, 0.5) is 0 Å². The minimum absolute atomic E-state index is 0. The van der Waals surface area contributed by atoms with Crippen LogP contribution in [-0.2, 0) is 4.79 Å². The second-order valence-corrected chi connectivity index (χ2v) is 5.37. The number of carboxylic acids is 1. The number of carbonyl (C=O) groups is 1. The standard InChI is InChI=1S/C18H32O2.Na.H/c1-2-3-4-5-6-7-8-9-10-11-12-13-14-15-16-17-18(19)20;;/h6-7,9-10H,2-5,8,11-17H2,1H3,(H,19,20);;. The van der Waals surface area contributed by atoms with Crippen LogP contribution in [0.15, 0.2) is 24.3 Å². The number of aliphatic carboxylic acids is 1. The quantitative estimate of drug-likeness (QED) is 0.271. The van der Waals surface area contributed by atoms with E-state index in [0.717, 1.165) is 25.7 Å². The van der Waals surface area contributed by atoms with Gasteiger partial charge in [0.25, 0.3) is 0 Å². The van der Waals surface area contributed by atoms with E-state index in [0.29, 0.717) is 6.42 Å². The number of rotatable bonds is 14. The molecule has 1 N–H and O–H groups in total. The van der Waals surface area contributed by atoms with Crippen LogP contribution < -0.4 is 0 Å². The van der Waals surface area contributed by atoms with Gasteiger partial charge in [-0.25, -0.2) is 0 Å². The van der Waals surface area contributed by atoms with Crippen LogP contribution in [0, 0.1) is 0 Å². The van der Waals surface area contributed by atoms with Gasteiger partial charge in [0, 0.05) is 6.42 Å². The Hall–Kier alpha value is -0.0500. The molecule has 0 fully saturated rings. The Bertz CT molecular complexity index is 272. The Balaban J connectivity index is 0. The van der Waals surface area contributed by atoms with E-state index in [1.54, 1.807) is 0 Å². The van der Waals surface area contributed by atoms with Gasteiger partial charge in [0.15, 0.2) is 0 Å². The van der Waals surface area contributed by atoms with Crippen LogP contribution in [0.5, 0.6) is 0 Å². The van der Waals surface area contributed by atoms with Crippen molar-refractivity contribution >= 4 is 35.5 Å². The van der Waals surface area contributed by atoms with Gasteiger partial charge in [-0.15, -0.1) is 0 Å². The van der Waals surface area contributed by atoms with Crippen molar-refractivity contribution < 1.29 is 9.90 Å². The molecule has 0 amide bonds. The van der Waals surface area contributed by atoms with E-state index in [1.165, 1.54) is 44.9 Å². The molecule has 0 heterocycles. The van der Waals surface area contributed by atoms with Crippen molar-refractivity contribution in [3.8, 4) is 0 Å². The monoisotopic (exact) mass is 304 g/mol. The third-order valence-electron chi connectivity index (χ3n) is 3.34. The fraction of sp³-hybridized carbons (Fsp3) is 0.722. The maximum absolute atomic E-state index is 10.3. The first-order valence-electron chi connectivity index (χ1n) is 8.29. The number of unbranched alkanes of at least 4 members (excludes halogenated alkanes) is 8. The van der Waals surface area contributed by atoms with Gasteiger partial charge < -0.3 is 5.11 Å². The summed E-state index contributed by atoms with van der Waals surface area (Å²) in [5.74, 6) is -0.671. The van der Waals surface area contributed by atoms with Gasteiger partial charge in [-0.05, 0) is 38.5 Å². The molecule has 0 bridgehead atoms. The molecule has 0 spiro atoms.